The van der Waals surface area contributed by atoms with E-state index in [1.807, 2.05) is 18.2 Å². The summed E-state index contributed by atoms with van der Waals surface area (Å²) in [5, 5.41) is 12.5. The second kappa shape index (κ2) is 10.0. The predicted octanol–water partition coefficient (Wildman–Crippen LogP) is 5.37. The van der Waals surface area contributed by atoms with Crippen LogP contribution in [0.1, 0.15) is 65.3 Å². The normalized spacial score (nSPS) is 15.1. The SMILES string of the molecule is CCOC(=O)c1c(NC(=O)c2cc3ccc(N(CC)CC)cc3oc2=N)sc2c1CCC(C)C2. The predicted molar refractivity (Wildman–Crippen MR) is 135 cm³/mol. The lowest BCUT2D eigenvalue weighted by Crippen LogP contribution is -2.23. The van der Waals surface area contributed by atoms with Gasteiger partial charge in [0.05, 0.1) is 12.2 Å². The number of hydrogen-bond donors (Lipinski definition) is 2. The van der Waals surface area contributed by atoms with Gasteiger partial charge in [-0.15, -0.1) is 11.3 Å². The fourth-order valence-electron chi connectivity index (χ4n) is 4.50. The fourth-order valence-corrected chi connectivity index (χ4v) is 5.89. The Morgan fingerprint density at radius 3 is 2.71 bits per heavy atom. The highest BCUT2D eigenvalue weighted by atomic mass is 32.1. The summed E-state index contributed by atoms with van der Waals surface area (Å²) in [6.07, 6.45) is 2.67. The van der Waals surface area contributed by atoms with Gasteiger partial charge in [-0.05, 0) is 69.7 Å². The molecule has 4 rings (SSSR count). The number of ether oxygens (including phenoxy) is 1. The first-order valence-corrected chi connectivity index (χ1v) is 12.7. The molecule has 1 aromatic carbocycles. The Balaban J connectivity index is 1.68. The molecule has 1 amide bonds. The van der Waals surface area contributed by atoms with Crippen LogP contribution in [-0.2, 0) is 17.6 Å². The Bertz CT molecular complexity index is 1290. The van der Waals surface area contributed by atoms with E-state index in [4.69, 9.17) is 14.6 Å². The molecule has 0 aliphatic heterocycles. The van der Waals surface area contributed by atoms with E-state index in [0.29, 0.717) is 22.1 Å². The topological polar surface area (TPSA) is 95.6 Å². The number of nitrogens with one attached hydrogen (secondary N) is 2. The van der Waals surface area contributed by atoms with Crippen molar-refractivity contribution < 1.29 is 18.7 Å². The molecule has 0 fully saturated rings. The molecular formula is C26H31N3O4S. The molecule has 0 saturated heterocycles. The van der Waals surface area contributed by atoms with Crippen molar-refractivity contribution in [3.05, 3.63) is 51.4 Å². The first-order valence-electron chi connectivity index (χ1n) is 11.9. The molecule has 0 bridgehead atoms. The number of fused-ring (bicyclic) bond motifs is 2. The molecule has 7 nitrogen and oxygen atoms in total. The lowest BCUT2D eigenvalue weighted by molar-refractivity contribution is 0.0526. The van der Waals surface area contributed by atoms with Crippen LogP contribution in [0.15, 0.2) is 28.7 Å². The second-order valence-corrected chi connectivity index (χ2v) is 9.72. The minimum absolute atomic E-state index is 0.123. The van der Waals surface area contributed by atoms with Gasteiger partial charge in [0.2, 0.25) is 5.55 Å². The van der Waals surface area contributed by atoms with Crippen LogP contribution in [0.25, 0.3) is 11.0 Å². The van der Waals surface area contributed by atoms with Gasteiger partial charge >= 0.3 is 5.97 Å². The number of benzene rings is 1. The maximum atomic E-state index is 13.2. The number of anilines is 2. The van der Waals surface area contributed by atoms with E-state index in [9.17, 15) is 9.59 Å². The van der Waals surface area contributed by atoms with Crippen molar-refractivity contribution >= 4 is 44.9 Å². The summed E-state index contributed by atoms with van der Waals surface area (Å²) >= 11 is 1.43. The standard InChI is InChI=1S/C26H31N3O4S/c1-5-29(6-2)17-10-9-16-13-19(23(27)33-20(16)14-17)24(30)28-25-22(26(31)32-7-3)18-11-8-15(4)12-21(18)34-25/h9-10,13-15,27H,5-8,11-12H2,1-4H3,(H,28,30). The Morgan fingerprint density at radius 1 is 1.24 bits per heavy atom. The number of rotatable bonds is 7. The Morgan fingerprint density at radius 2 is 2.00 bits per heavy atom. The van der Waals surface area contributed by atoms with E-state index in [0.717, 1.165) is 53.9 Å². The van der Waals surface area contributed by atoms with E-state index in [-0.39, 0.29) is 17.7 Å². The van der Waals surface area contributed by atoms with Crippen molar-refractivity contribution in [2.24, 2.45) is 5.92 Å². The molecule has 34 heavy (non-hydrogen) atoms. The molecule has 1 aliphatic carbocycles. The van der Waals surface area contributed by atoms with Crippen LogP contribution in [0.2, 0.25) is 0 Å². The van der Waals surface area contributed by atoms with Crippen LogP contribution in [0, 0.1) is 11.3 Å². The number of nitrogens with zero attached hydrogens (tertiary/aromatic N) is 1. The van der Waals surface area contributed by atoms with Gasteiger partial charge in [-0.3, -0.25) is 10.2 Å². The maximum Gasteiger partial charge on any atom is 0.341 e. The van der Waals surface area contributed by atoms with E-state index in [1.54, 1.807) is 13.0 Å². The van der Waals surface area contributed by atoms with Crippen LogP contribution in [0.4, 0.5) is 10.7 Å². The Kier molecular flexibility index (Phi) is 7.07. The van der Waals surface area contributed by atoms with Crippen LogP contribution in [-0.4, -0.2) is 31.6 Å². The lowest BCUT2D eigenvalue weighted by atomic mass is 9.88. The highest BCUT2D eigenvalue weighted by Crippen LogP contribution is 2.40. The van der Waals surface area contributed by atoms with Gasteiger partial charge in [-0.1, -0.05) is 6.92 Å². The Labute approximate surface area is 203 Å². The Hall–Kier alpha value is -3.13. The molecule has 1 aliphatic rings. The molecule has 180 valence electrons. The van der Waals surface area contributed by atoms with Gasteiger partial charge in [0.25, 0.3) is 5.91 Å². The minimum Gasteiger partial charge on any atom is -0.462 e. The van der Waals surface area contributed by atoms with E-state index >= 15 is 0 Å². The zero-order valence-electron chi connectivity index (χ0n) is 20.1. The third-order valence-corrected chi connectivity index (χ3v) is 7.51. The van der Waals surface area contributed by atoms with Crippen molar-refractivity contribution in [2.75, 3.05) is 29.9 Å². The van der Waals surface area contributed by atoms with Gasteiger partial charge in [-0.25, -0.2) is 4.79 Å². The monoisotopic (exact) mass is 481 g/mol. The quantitative estimate of drug-likeness (QED) is 0.442. The molecule has 2 aromatic heterocycles. The van der Waals surface area contributed by atoms with Crippen molar-refractivity contribution in [3.8, 4) is 0 Å². The smallest absolute Gasteiger partial charge is 0.341 e. The molecule has 2 heterocycles. The molecule has 2 N–H and O–H groups in total. The van der Waals surface area contributed by atoms with Gasteiger partial charge in [0, 0.05) is 35.1 Å². The zero-order valence-corrected chi connectivity index (χ0v) is 20.9. The average Bonchev–Trinajstić information content (AvgIpc) is 3.16. The van der Waals surface area contributed by atoms with Gasteiger partial charge in [0.15, 0.2) is 0 Å². The molecular weight excluding hydrogens is 450 g/mol. The summed E-state index contributed by atoms with van der Waals surface area (Å²) < 4.78 is 11.0. The van der Waals surface area contributed by atoms with Crippen molar-refractivity contribution in [1.29, 1.82) is 5.41 Å². The highest BCUT2D eigenvalue weighted by Gasteiger charge is 2.29. The van der Waals surface area contributed by atoms with Crippen LogP contribution >= 0.6 is 11.3 Å². The van der Waals surface area contributed by atoms with Crippen LogP contribution in [0.3, 0.4) is 0 Å². The first kappa shape index (κ1) is 24.0. The minimum atomic E-state index is -0.472. The summed E-state index contributed by atoms with van der Waals surface area (Å²) in [7, 11) is 0. The largest absolute Gasteiger partial charge is 0.462 e. The average molecular weight is 482 g/mol. The molecule has 0 radical (unpaired) electrons. The summed E-state index contributed by atoms with van der Waals surface area (Å²) in [5.74, 6) is -0.353. The van der Waals surface area contributed by atoms with Gasteiger partial charge < -0.3 is 19.4 Å². The molecule has 0 spiro atoms. The molecule has 1 atom stereocenters. The zero-order chi connectivity index (χ0) is 24.4. The van der Waals surface area contributed by atoms with Gasteiger partial charge in [0.1, 0.15) is 16.1 Å². The lowest BCUT2D eigenvalue weighted by Gasteiger charge is -2.21. The molecule has 1 unspecified atom stereocenters. The third kappa shape index (κ3) is 4.59. The number of esters is 1. The van der Waals surface area contributed by atoms with Crippen LogP contribution in [0.5, 0.6) is 0 Å². The third-order valence-electron chi connectivity index (χ3n) is 6.35. The van der Waals surface area contributed by atoms with Crippen molar-refractivity contribution in [1.82, 2.24) is 0 Å². The number of carbonyl (C=O) groups is 2. The van der Waals surface area contributed by atoms with E-state index in [1.165, 1.54) is 11.3 Å². The fraction of sp³-hybridized carbons (Fsp3) is 0.423. The molecule has 3 aromatic rings. The summed E-state index contributed by atoms with van der Waals surface area (Å²) in [5.41, 5.74) is 2.91. The summed E-state index contributed by atoms with van der Waals surface area (Å²) in [6, 6.07) is 7.46. The number of amides is 1. The highest BCUT2D eigenvalue weighted by molar-refractivity contribution is 7.17. The molecule has 8 heteroatoms. The van der Waals surface area contributed by atoms with E-state index < -0.39 is 11.9 Å². The van der Waals surface area contributed by atoms with E-state index in [2.05, 4.69) is 31.0 Å². The molecule has 0 saturated carbocycles. The van der Waals surface area contributed by atoms with Crippen molar-refractivity contribution in [2.45, 2.75) is 47.0 Å². The van der Waals surface area contributed by atoms with Gasteiger partial charge in [-0.2, -0.15) is 0 Å². The maximum absolute atomic E-state index is 13.2. The number of thiophene rings is 1. The first-order chi connectivity index (χ1) is 16.4. The number of hydrogen-bond acceptors (Lipinski definition) is 7. The summed E-state index contributed by atoms with van der Waals surface area (Å²) in [4.78, 5) is 29.3. The number of carbonyl (C=O) groups excluding carboxylic acids is 2. The van der Waals surface area contributed by atoms with Crippen molar-refractivity contribution in [3.63, 3.8) is 0 Å². The van der Waals surface area contributed by atoms with Crippen LogP contribution < -0.4 is 15.8 Å². The summed E-state index contributed by atoms with van der Waals surface area (Å²) in [6.45, 7) is 10.1. The second-order valence-electron chi connectivity index (χ2n) is 8.61.